The van der Waals surface area contributed by atoms with E-state index >= 15 is 0 Å². The first-order chi connectivity index (χ1) is 10.3. The molecule has 1 N–H and O–H groups in total. The molecule has 0 spiro atoms. The molecule has 21 heavy (non-hydrogen) atoms. The first kappa shape index (κ1) is 14.0. The third-order valence-electron chi connectivity index (χ3n) is 6.54. The van der Waals surface area contributed by atoms with Crippen molar-refractivity contribution in [2.24, 2.45) is 17.8 Å². The van der Waals surface area contributed by atoms with Gasteiger partial charge in [0.25, 0.3) is 0 Å². The lowest BCUT2D eigenvalue weighted by atomic mass is 9.86. The van der Waals surface area contributed by atoms with E-state index in [9.17, 15) is 4.79 Å². The van der Waals surface area contributed by atoms with E-state index < -0.39 is 0 Å². The van der Waals surface area contributed by atoms with Gasteiger partial charge < -0.3 is 10.2 Å². The van der Waals surface area contributed by atoms with E-state index in [0.29, 0.717) is 17.9 Å². The number of hydrogen-bond donors (Lipinski definition) is 1. The second kappa shape index (κ2) is 5.88. The van der Waals surface area contributed by atoms with Crippen molar-refractivity contribution in [1.82, 2.24) is 15.1 Å². The van der Waals surface area contributed by atoms with Crippen LogP contribution in [0.15, 0.2) is 0 Å². The summed E-state index contributed by atoms with van der Waals surface area (Å²) in [4.78, 5) is 17.3. The predicted molar refractivity (Wildman–Crippen MR) is 83.0 cm³/mol. The summed E-state index contributed by atoms with van der Waals surface area (Å²) in [5.74, 6) is 2.99. The Labute approximate surface area is 128 Å². The van der Waals surface area contributed by atoms with Gasteiger partial charge in [-0.25, -0.2) is 0 Å². The Hall–Kier alpha value is -0.610. The molecule has 2 bridgehead atoms. The minimum Gasteiger partial charge on any atom is -0.340 e. The molecule has 0 aromatic heterocycles. The van der Waals surface area contributed by atoms with Gasteiger partial charge in [0.05, 0.1) is 0 Å². The summed E-state index contributed by atoms with van der Waals surface area (Å²) in [5.41, 5.74) is 0. The second-order valence-corrected chi connectivity index (χ2v) is 7.70. The van der Waals surface area contributed by atoms with Crippen LogP contribution >= 0.6 is 0 Å². The molecule has 2 saturated heterocycles. The Kier molecular flexibility index (Phi) is 3.92. The molecule has 2 aliphatic carbocycles. The summed E-state index contributed by atoms with van der Waals surface area (Å²) in [6.45, 7) is 6.36. The fourth-order valence-corrected chi connectivity index (χ4v) is 5.27. The molecule has 118 valence electrons. The molecule has 1 amide bonds. The molecular weight excluding hydrogens is 262 g/mol. The van der Waals surface area contributed by atoms with Crippen molar-refractivity contribution < 1.29 is 4.79 Å². The number of fused-ring (bicyclic) bond motifs is 2. The quantitative estimate of drug-likeness (QED) is 0.852. The zero-order chi connectivity index (χ0) is 14.2. The smallest absolute Gasteiger partial charge is 0.222 e. The Balaban J connectivity index is 1.25. The Bertz CT molecular complexity index is 385. The van der Waals surface area contributed by atoms with Crippen molar-refractivity contribution in [1.29, 1.82) is 0 Å². The summed E-state index contributed by atoms with van der Waals surface area (Å²) in [6.07, 6.45) is 7.70. The highest BCUT2D eigenvalue weighted by molar-refractivity contribution is 5.76. The number of hydrogen-bond acceptors (Lipinski definition) is 3. The monoisotopic (exact) mass is 291 g/mol. The number of nitrogens with zero attached hydrogens (tertiary/aromatic N) is 2. The van der Waals surface area contributed by atoms with Gasteiger partial charge in [0, 0.05) is 45.2 Å². The van der Waals surface area contributed by atoms with Crippen molar-refractivity contribution in [2.75, 3.05) is 39.3 Å². The molecule has 4 atom stereocenters. The number of amides is 1. The summed E-state index contributed by atoms with van der Waals surface area (Å²) < 4.78 is 0. The van der Waals surface area contributed by atoms with E-state index in [4.69, 9.17) is 0 Å². The third kappa shape index (κ3) is 2.85. The molecule has 4 unspecified atom stereocenters. The van der Waals surface area contributed by atoms with Crippen molar-refractivity contribution in [3.63, 3.8) is 0 Å². The van der Waals surface area contributed by atoms with Gasteiger partial charge in [0.2, 0.25) is 5.91 Å². The highest BCUT2D eigenvalue weighted by Crippen LogP contribution is 2.49. The molecule has 4 rings (SSSR count). The van der Waals surface area contributed by atoms with Gasteiger partial charge in [-0.3, -0.25) is 9.69 Å². The molecular formula is C17H29N3O. The zero-order valence-electron chi connectivity index (χ0n) is 13.1. The van der Waals surface area contributed by atoms with Crippen LogP contribution in [0.25, 0.3) is 0 Å². The Morgan fingerprint density at radius 3 is 2.52 bits per heavy atom. The van der Waals surface area contributed by atoms with Gasteiger partial charge in [0.1, 0.15) is 0 Å². The maximum Gasteiger partial charge on any atom is 0.222 e. The predicted octanol–water partition coefficient (Wildman–Crippen LogP) is 1.32. The largest absolute Gasteiger partial charge is 0.340 e. The second-order valence-electron chi connectivity index (χ2n) is 7.70. The van der Waals surface area contributed by atoms with E-state index in [1.807, 2.05) is 0 Å². The van der Waals surface area contributed by atoms with Crippen LogP contribution < -0.4 is 5.32 Å². The van der Waals surface area contributed by atoms with Crippen LogP contribution in [0.1, 0.15) is 38.5 Å². The van der Waals surface area contributed by atoms with Gasteiger partial charge in [-0.15, -0.1) is 0 Å². The highest BCUT2D eigenvalue weighted by Gasteiger charge is 2.40. The fourth-order valence-electron chi connectivity index (χ4n) is 5.27. The van der Waals surface area contributed by atoms with Crippen LogP contribution in [-0.2, 0) is 4.79 Å². The van der Waals surface area contributed by atoms with Gasteiger partial charge in [-0.05, 0) is 50.0 Å². The van der Waals surface area contributed by atoms with E-state index in [0.717, 1.165) is 57.5 Å². The van der Waals surface area contributed by atoms with Crippen molar-refractivity contribution in [2.45, 2.75) is 44.6 Å². The maximum absolute atomic E-state index is 12.6. The van der Waals surface area contributed by atoms with Crippen LogP contribution in [0.2, 0.25) is 0 Å². The molecule has 2 saturated carbocycles. The molecule has 4 fully saturated rings. The van der Waals surface area contributed by atoms with Gasteiger partial charge >= 0.3 is 0 Å². The van der Waals surface area contributed by atoms with Crippen LogP contribution in [0.5, 0.6) is 0 Å². The zero-order valence-corrected chi connectivity index (χ0v) is 13.1. The van der Waals surface area contributed by atoms with Crippen molar-refractivity contribution in [3.8, 4) is 0 Å². The molecule has 4 heteroatoms. The lowest BCUT2D eigenvalue weighted by Crippen LogP contribution is -2.52. The molecule has 2 aliphatic heterocycles. The SMILES string of the molecule is O=C(CC1CC2CCC1C2)N1CCN(C2CCNC2)CC1. The number of carbonyl (C=O) groups is 1. The number of piperazine rings is 1. The minimum atomic E-state index is 0.441. The van der Waals surface area contributed by atoms with Gasteiger partial charge in [0.15, 0.2) is 0 Å². The average Bonchev–Trinajstić information content (AvgIpc) is 3.25. The van der Waals surface area contributed by atoms with Crippen molar-refractivity contribution in [3.05, 3.63) is 0 Å². The lowest BCUT2D eigenvalue weighted by molar-refractivity contribution is -0.134. The van der Waals surface area contributed by atoms with Gasteiger partial charge in [-0.2, -0.15) is 0 Å². The standard InChI is InChI=1S/C17H29N3O/c21-17(11-15-10-13-1-2-14(15)9-13)20-7-5-19(6-8-20)16-3-4-18-12-16/h13-16,18H,1-12H2. The maximum atomic E-state index is 12.6. The summed E-state index contributed by atoms with van der Waals surface area (Å²) in [6, 6.07) is 0.716. The van der Waals surface area contributed by atoms with Crippen LogP contribution in [0.4, 0.5) is 0 Å². The van der Waals surface area contributed by atoms with Gasteiger partial charge in [-0.1, -0.05) is 6.42 Å². The first-order valence-electron chi connectivity index (χ1n) is 9.02. The first-order valence-corrected chi connectivity index (χ1v) is 9.02. The van der Waals surface area contributed by atoms with E-state index in [-0.39, 0.29) is 0 Å². The summed E-state index contributed by atoms with van der Waals surface area (Å²) >= 11 is 0. The molecule has 0 radical (unpaired) electrons. The highest BCUT2D eigenvalue weighted by atomic mass is 16.2. The molecule has 4 aliphatic rings. The Morgan fingerprint density at radius 2 is 1.90 bits per heavy atom. The van der Waals surface area contributed by atoms with Crippen LogP contribution in [0, 0.1) is 17.8 Å². The fraction of sp³-hybridized carbons (Fsp3) is 0.941. The normalized spacial score (nSPS) is 40.1. The molecule has 4 nitrogen and oxygen atoms in total. The molecule has 0 aromatic rings. The summed E-state index contributed by atoms with van der Waals surface area (Å²) in [5, 5.41) is 3.45. The lowest BCUT2D eigenvalue weighted by Gasteiger charge is -2.38. The van der Waals surface area contributed by atoms with Crippen molar-refractivity contribution >= 4 is 5.91 Å². The number of nitrogens with one attached hydrogen (secondary N) is 1. The molecule has 2 heterocycles. The van der Waals surface area contributed by atoms with Crippen LogP contribution in [0.3, 0.4) is 0 Å². The Morgan fingerprint density at radius 1 is 1.05 bits per heavy atom. The minimum absolute atomic E-state index is 0.441. The number of carbonyl (C=O) groups excluding carboxylic acids is 1. The summed E-state index contributed by atoms with van der Waals surface area (Å²) in [7, 11) is 0. The third-order valence-corrected chi connectivity index (χ3v) is 6.54. The molecule has 0 aromatic carbocycles. The van der Waals surface area contributed by atoms with E-state index in [1.165, 1.54) is 32.1 Å². The van der Waals surface area contributed by atoms with E-state index in [1.54, 1.807) is 0 Å². The number of rotatable bonds is 3. The van der Waals surface area contributed by atoms with E-state index in [2.05, 4.69) is 15.1 Å². The topological polar surface area (TPSA) is 35.6 Å². The average molecular weight is 291 g/mol. The van der Waals surface area contributed by atoms with Crippen LogP contribution in [-0.4, -0.2) is 61.0 Å².